The Bertz CT molecular complexity index is 622. The Morgan fingerprint density at radius 2 is 2.05 bits per heavy atom. The third-order valence-electron chi connectivity index (χ3n) is 2.90. The van der Waals surface area contributed by atoms with Crippen LogP contribution >= 0.6 is 11.8 Å². The van der Waals surface area contributed by atoms with Crippen LogP contribution in [0.15, 0.2) is 34.2 Å². The summed E-state index contributed by atoms with van der Waals surface area (Å²) < 4.78 is 1.84. The molecular formula is C13H16N4O2S. The van der Waals surface area contributed by atoms with Crippen molar-refractivity contribution in [3.63, 3.8) is 0 Å². The minimum atomic E-state index is -0.394. The van der Waals surface area contributed by atoms with Gasteiger partial charge in [0.2, 0.25) is 0 Å². The number of non-ortho nitro benzene ring substituents is 1. The van der Waals surface area contributed by atoms with Crippen LogP contribution < -0.4 is 5.32 Å². The Kier molecular flexibility index (Phi) is 4.41. The maximum Gasteiger partial charge on any atom is 0.269 e. The van der Waals surface area contributed by atoms with Crippen LogP contribution in [0, 0.1) is 17.0 Å². The highest BCUT2D eigenvalue weighted by Crippen LogP contribution is 2.32. The summed E-state index contributed by atoms with van der Waals surface area (Å²) >= 11 is 1.56. The first-order valence-corrected chi connectivity index (χ1v) is 6.94. The molecule has 0 aliphatic heterocycles. The average Bonchev–Trinajstić information content (AvgIpc) is 2.67. The second-order valence-electron chi connectivity index (χ2n) is 4.38. The van der Waals surface area contributed by atoms with Gasteiger partial charge in [0.15, 0.2) is 0 Å². The molecular weight excluding hydrogens is 276 g/mol. The molecule has 1 aromatic heterocycles. The van der Waals surface area contributed by atoms with Crippen molar-refractivity contribution in [3.8, 4) is 0 Å². The zero-order valence-corrected chi connectivity index (χ0v) is 12.4. The molecule has 0 saturated heterocycles. The zero-order valence-electron chi connectivity index (χ0n) is 11.6. The van der Waals surface area contributed by atoms with E-state index in [1.807, 2.05) is 25.7 Å². The maximum absolute atomic E-state index is 10.6. The van der Waals surface area contributed by atoms with Crippen LogP contribution in [0.1, 0.15) is 11.3 Å². The summed E-state index contributed by atoms with van der Waals surface area (Å²) in [5, 5.41) is 19.2. The van der Waals surface area contributed by atoms with Crippen molar-refractivity contribution in [2.45, 2.75) is 23.4 Å². The number of benzene rings is 1. The third kappa shape index (κ3) is 3.00. The lowest BCUT2D eigenvalue weighted by Crippen LogP contribution is -2.06. The van der Waals surface area contributed by atoms with Crippen LogP contribution in [0.3, 0.4) is 0 Å². The molecule has 0 amide bonds. The van der Waals surface area contributed by atoms with Gasteiger partial charge in [-0.2, -0.15) is 5.10 Å². The number of aryl methyl sites for hydroxylation is 2. The smallest absolute Gasteiger partial charge is 0.269 e. The normalized spacial score (nSPS) is 10.8. The van der Waals surface area contributed by atoms with E-state index < -0.39 is 4.92 Å². The highest BCUT2D eigenvalue weighted by atomic mass is 32.2. The van der Waals surface area contributed by atoms with Crippen LogP contribution in [0.5, 0.6) is 0 Å². The summed E-state index contributed by atoms with van der Waals surface area (Å²) in [4.78, 5) is 11.2. The molecule has 1 aromatic carbocycles. The summed E-state index contributed by atoms with van der Waals surface area (Å²) in [6.07, 6.45) is 0. The molecule has 0 bridgehead atoms. The fourth-order valence-corrected chi connectivity index (χ4v) is 2.95. The zero-order chi connectivity index (χ0) is 14.7. The van der Waals surface area contributed by atoms with Crippen molar-refractivity contribution in [1.29, 1.82) is 0 Å². The van der Waals surface area contributed by atoms with Crippen molar-refractivity contribution >= 4 is 17.4 Å². The summed E-state index contributed by atoms with van der Waals surface area (Å²) in [6, 6.07) is 6.55. The van der Waals surface area contributed by atoms with Gasteiger partial charge < -0.3 is 5.32 Å². The minimum absolute atomic E-state index is 0.103. The maximum atomic E-state index is 10.6. The predicted molar refractivity (Wildman–Crippen MR) is 77.9 cm³/mol. The summed E-state index contributed by atoms with van der Waals surface area (Å²) in [5.41, 5.74) is 2.25. The Morgan fingerprint density at radius 1 is 1.40 bits per heavy atom. The molecule has 20 heavy (non-hydrogen) atoms. The fourth-order valence-electron chi connectivity index (χ4n) is 1.94. The molecule has 0 radical (unpaired) electrons. The molecule has 7 heteroatoms. The Hall–Kier alpha value is -1.86. The molecule has 106 valence electrons. The molecule has 6 nitrogen and oxygen atoms in total. The van der Waals surface area contributed by atoms with E-state index in [1.54, 1.807) is 23.9 Å². The molecule has 0 spiro atoms. The molecule has 0 unspecified atom stereocenters. The molecule has 0 atom stereocenters. The fraction of sp³-hybridized carbons (Fsp3) is 0.308. The number of aromatic nitrogens is 2. The molecule has 0 saturated carbocycles. The number of hydrogen-bond acceptors (Lipinski definition) is 5. The Balaban J connectivity index is 2.27. The van der Waals surface area contributed by atoms with E-state index in [0.29, 0.717) is 0 Å². The van der Waals surface area contributed by atoms with Crippen LogP contribution in [0.25, 0.3) is 0 Å². The van der Waals surface area contributed by atoms with E-state index in [2.05, 4.69) is 10.4 Å². The van der Waals surface area contributed by atoms with E-state index in [0.717, 1.165) is 27.7 Å². The van der Waals surface area contributed by atoms with Crippen molar-refractivity contribution in [3.05, 3.63) is 45.6 Å². The monoisotopic (exact) mass is 292 g/mol. The number of nitro groups is 1. The second kappa shape index (κ2) is 6.06. The first-order valence-electron chi connectivity index (χ1n) is 6.12. The van der Waals surface area contributed by atoms with Crippen molar-refractivity contribution in [1.82, 2.24) is 15.1 Å². The van der Waals surface area contributed by atoms with Crippen LogP contribution in [-0.4, -0.2) is 21.8 Å². The Labute approximate surface area is 121 Å². The van der Waals surface area contributed by atoms with Gasteiger partial charge in [-0.1, -0.05) is 11.8 Å². The summed E-state index contributed by atoms with van der Waals surface area (Å²) in [7, 11) is 3.80. The molecule has 2 rings (SSSR count). The quantitative estimate of drug-likeness (QED) is 0.677. The van der Waals surface area contributed by atoms with Crippen molar-refractivity contribution < 1.29 is 4.92 Å². The van der Waals surface area contributed by atoms with Gasteiger partial charge in [0.05, 0.1) is 10.6 Å². The average molecular weight is 292 g/mol. The molecule has 0 aliphatic carbocycles. The highest BCUT2D eigenvalue weighted by molar-refractivity contribution is 7.99. The molecule has 2 aromatic rings. The number of hydrogen-bond donors (Lipinski definition) is 1. The van der Waals surface area contributed by atoms with Gasteiger partial charge >= 0.3 is 0 Å². The lowest BCUT2D eigenvalue weighted by Gasteiger charge is -2.06. The van der Waals surface area contributed by atoms with Gasteiger partial charge in [-0.3, -0.25) is 14.8 Å². The largest absolute Gasteiger partial charge is 0.316 e. The van der Waals surface area contributed by atoms with Gasteiger partial charge in [-0.15, -0.1) is 0 Å². The summed E-state index contributed by atoms with van der Waals surface area (Å²) in [6.45, 7) is 2.72. The SMILES string of the molecule is CNCc1c(C)nn(C)c1Sc1ccc([N+](=O)[O-])cc1. The molecule has 1 N–H and O–H groups in total. The van der Waals surface area contributed by atoms with Gasteiger partial charge in [0, 0.05) is 36.2 Å². The Morgan fingerprint density at radius 3 is 2.60 bits per heavy atom. The third-order valence-corrected chi connectivity index (χ3v) is 4.12. The summed E-state index contributed by atoms with van der Waals surface area (Å²) in [5.74, 6) is 0. The number of nitrogens with zero attached hydrogens (tertiary/aromatic N) is 3. The molecule has 0 aliphatic rings. The predicted octanol–water partition coefficient (Wildman–Crippen LogP) is 2.51. The van der Waals surface area contributed by atoms with Crippen molar-refractivity contribution in [2.75, 3.05) is 7.05 Å². The molecule has 0 fully saturated rings. The van der Waals surface area contributed by atoms with E-state index >= 15 is 0 Å². The van der Waals surface area contributed by atoms with E-state index in [4.69, 9.17) is 0 Å². The van der Waals surface area contributed by atoms with Crippen molar-refractivity contribution in [2.24, 2.45) is 7.05 Å². The standard InChI is InChI=1S/C13H16N4O2S/c1-9-12(8-14-2)13(16(3)15-9)20-11-6-4-10(5-7-11)17(18)19/h4-7,14H,8H2,1-3H3. The van der Waals surface area contributed by atoms with Gasteiger partial charge in [-0.05, 0) is 26.1 Å². The lowest BCUT2D eigenvalue weighted by atomic mass is 10.3. The van der Waals surface area contributed by atoms with Crippen LogP contribution in [-0.2, 0) is 13.6 Å². The van der Waals surface area contributed by atoms with E-state index in [9.17, 15) is 10.1 Å². The number of nitro benzene ring substituents is 1. The lowest BCUT2D eigenvalue weighted by molar-refractivity contribution is -0.384. The second-order valence-corrected chi connectivity index (χ2v) is 5.44. The topological polar surface area (TPSA) is 73.0 Å². The number of nitrogens with one attached hydrogen (secondary N) is 1. The van der Waals surface area contributed by atoms with Gasteiger partial charge in [0.25, 0.3) is 5.69 Å². The van der Waals surface area contributed by atoms with E-state index in [1.165, 1.54) is 12.1 Å². The van der Waals surface area contributed by atoms with Crippen LogP contribution in [0.2, 0.25) is 0 Å². The van der Waals surface area contributed by atoms with E-state index in [-0.39, 0.29) is 5.69 Å². The molecule has 1 heterocycles. The van der Waals surface area contributed by atoms with Gasteiger partial charge in [-0.25, -0.2) is 0 Å². The highest BCUT2D eigenvalue weighted by Gasteiger charge is 2.14. The van der Waals surface area contributed by atoms with Crippen LogP contribution in [0.4, 0.5) is 5.69 Å². The first kappa shape index (κ1) is 14.5. The van der Waals surface area contributed by atoms with Gasteiger partial charge in [0.1, 0.15) is 5.03 Å². The first-order chi connectivity index (χ1) is 9.52. The minimum Gasteiger partial charge on any atom is -0.316 e. The number of rotatable bonds is 5.